The minimum absolute atomic E-state index is 0.0808. The summed E-state index contributed by atoms with van der Waals surface area (Å²) in [6, 6.07) is 0.284. The molecule has 1 heterocycles. The normalized spacial score (nSPS) is 23.1. The number of aromatic nitrogens is 1. The number of isothiocyanates is 1. The molecule has 1 aliphatic rings. The van der Waals surface area contributed by atoms with Crippen LogP contribution in [0.15, 0.2) is 10.4 Å². The second kappa shape index (κ2) is 6.04. The first-order valence-electron chi connectivity index (χ1n) is 5.82. The molecule has 1 saturated carbocycles. The molecule has 5 nitrogen and oxygen atoms in total. The Labute approximate surface area is 115 Å². The summed E-state index contributed by atoms with van der Waals surface area (Å²) in [6.07, 6.45) is 4.34. The predicted molar refractivity (Wildman–Crippen MR) is 77.7 cm³/mol. The molecule has 18 heavy (non-hydrogen) atoms. The first-order valence-corrected chi connectivity index (χ1v) is 7.11. The number of guanidine groups is 1. The zero-order valence-electron chi connectivity index (χ0n) is 9.85. The Hall–Kier alpha value is -1.30. The molecule has 2 rings (SSSR count). The standard InChI is InChI=1S/C11H15N5S2/c12-10(13)16-11-15-9(5-18-11)7-2-1-3-8(4-7)14-6-17/h5,7-8H,1-4H2,(H4,12,13,15,16). The zero-order chi connectivity index (χ0) is 13.0. The van der Waals surface area contributed by atoms with Crippen LogP contribution in [0.3, 0.4) is 0 Å². The van der Waals surface area contributed by atoms with Crippen molar-refractivity contribution in [3.63, 3.8) is 0 Å². The minimum Gasteiger partial charge on any atom is -0.370 e. The van der Waals surface area contributed by atoms with E-state index in [1.807, 2.05) is 5.38 Å². The number of anilines is 1. The number of nitrogens with one attached hydrogen (secondary N) is 2. The second-order valence-corrected chi connectivity index (χ2v) is 5.39. The van der Waals surface area contributed by atoms with Crippen LogP contribution < -0.4 is 11.1 Å². The number of nitrogens with two attached hydrogens (primary N) is 1. The molecule has 0 bridgehead atoms. The maximum Gasteiger partial charge on any atom is 0.192 e. The van der Waals surface area contributed by atoms with Gasteiger partial charge in [0.2, 0.25) is 0 Å². The predicted octanol–water partition coefficient (Wildman–Crippen LogP) is 2.58. The van der Waals surface area contributed by atoms with Gasteiger partial charge in [-0.3, -0.25) is 5.41 Å². The van der Waals surface area contributed by atoms with Crippen LogP contribution in [-0.2, 0) is 0 Å². The Bertz CT molecular complexity index is 478. The summed E-state index contributed by atoms with van der Waals surface area (Å²) in [5.74, 6) is 0.345. The third-order valence-electron chi connectivity index (χ3n) is 3.06. The monoisotopic (exact) mass is 281 g/mol. The van der Waals surface area contributed by atoms with Crippen molar-refractivity contribution >= 4 is 39.8 Å². The fourth-order valence-corrected chi connectivity index (χ4v) is 3.22. The van der Waals surface area contributed by atoms with E-state index in [4.69, 9.17) is 11.1 Å². The number of thiazole rings is 1. The van der Waals surface area contributed by atoms with E-state index in [2.05, 4.69) is 32.7 Å². The van der Waals surface area contributed by atoms with Crippen LogP contribution in [0.25, 0.3) is 0 Å². The molecule has 7 heteroatoms. The van der Waals surface area contributed by atoms with E-state index in [-0.39, 0.29) is 12.0 Å². The van der Waals surface area contributed by atoms with E-state index in [1.54, 1.807) is 0 Å². The Morgan fingerprint density at radius 3 is 3.22 bits per heavy atom. The zero-order valence-corrected chi connectivity index (χ0v) is 11.5. The van der Waals surface area contributed by atoms with Crippen LogP contribution in [0.4, 0.5) is 5.13 Å². The fraction of sp³-hybridized carbons (Fsp3) is 0.545. The molecule has 0 radical (unpaired) electrons. The topological polar surface area (TPSA) is 87.2 Å². The molecule has 1 aromatic rings. The molecule has 2 unspecified atom stereocenters. The number of hydrogen-bond donors (Lipinski definition) is 3. The molecule has 2 atom stereocenters. The summed E-state index contributed by atoms with van der Waals surface area (Å²) < 4.78 is 0. The van der Waals surface area contributed by atoms with Gasteiger partial charge in [-0.2, -0.15) is 0 Å². The number of aliphatic imine (C=N–C) groups is 1. The van der Waals surface area contributed by atoms with Gasteiger partial charge in [0.25, 0.3) is 0 Å². The SMILES string of the molecule is N=C(N)Nc1nc(C2CCCC(N=C=S)C2)cs1. The van der Waals surface area contributed by atoms with E-state index in [1.165, 1.54) is 11.3 Å². The lowest BCUT2D eigenvalue weighted by atomic mass is 9.84. The van der Waals surface area contributed by atoms with Crippen molar-refractivity contribution in [3.05, 3.63) is 11.1 Å². The quantitative estimate of drug-likeness (QED) is 0.451. The largest absolute Gasteiger partial charge is 0.370 e. The maximum atomic E-state index is 7.17. The summed E-state index contributed by atoms with van der Waals surface area (Å²) in [7, 11) is 0. The number of thiocarbonyl (C=S) groups is 1. The van der Waals surface area contributed by atoms with E-state index < -0.39 is 0 Å². The number of hydrogen-bond acceptors (Lipinski definition) is 5. The summed E-state index contributed by atoms with van der Waals surface area (Å²) in [4.78, 5) is 8.65. The molecular weight excluding hydrogens is 266 g/mol. The average Bonchev–Trinajstić information content (AvgIpc) is 2.77. The molecule has 96 valence electrons. The summed E-state index contributed by atoms with van der Waals surface area (Å²) >= 11 is 6.14. The molecule has 0 saturated heterocycles. The van der Waals surface area contributed by atoms with E-state index >= 15 is 0 Å². The van der Waals surface area contributed by atoms with Crippen molar-refractivity contribution < 1.29 is 0 Å². The average molecular weight is 281 g/mol. The second-order valence-electron chi connectivity index (χ2n) is 4.35. The van der Waals surface area contributed by atoms with Gasteiger partial charge in [0, 0.05) is 11.3 Å². The summed E-state index contributed by atoms with van der Waals surface area (Å²) in [5, 5.41) is 15.1. The van der Waals surface area contributed by atoms with Crippen LogP contribution >= 0.6 is 23.6 Å². The summed E-state index contributed by atoms with van der Waals surface area (Å²) in [6.45, 7) is 0. The molecule has 0 spiro atoms. The van der Waals surface area contributed by atoms with Crippen LogP contribution in [0.1, 0.15) is 37.3 Å². The third kappa shape index (κ3) is 3.35. The first-order chi connectivity index (χ1) is 8.69. The lowest BCUT2D eigenvalue weighted by molar-refractivity contribution is 0.392. The van der Waals surface area contributed by atoms with Crippen LogP contribution in [0, 0.1) is 5.41 Å². The van der Waals surface area contributed by atoms with E-state index in [9.17, 15) is 0 Å². The highest BCUT2D eigenvalue weighted by molar-refractivity contribution is 7.78. The van der Waals surface area contributed by atoms with Crippen molar-refractivity contribution in [1.82, 2.24) is 4.98 Å². The highest BCUT2D eigenvalue weighted by Gasteiger charge is 2.24. The Morgan fingerprint density at radius 2 is 2.50 bits per heavy atom. The Kier molecular flexibility index (Phi) is 4.41. The van der Waals surface area contributed by atoms with Crippen LogP contribution in [0.5, 0.6) is 0 Å². The first kappa shape index (κ1) is 13.1. The Balaban J connectivity index is 2.04. The summed E-state index contributed by atoms with van der Waals surface area (Å²) in [5.41, 5.74) is 6.34. The molecule has 1 aromatic heterocycles. The maximum absolute atomic E-state index is 7.17. The third-order valence-corrected chi connectivity index (χ3v) is 3.94. The van der Waals surface area contributed by atoms with E-state index in [0.717, 1.165) is 31.4 Å². The van der Waals surface area contributed by atoms with Gasteiger partial charge < -0.3 is 11.1 Å². The molecule has 0 aromatic carbocycles. The van der Waals surface area contributed by atoms with Gasteiger partial charge in [-0.1, -0.05) is 6.42 Å². The van der Waals surface area contributed by atoms with Crippen molar-refractivity contribution in [2.45, 2.75) is 37.6 Å². The van der Waals surface area contributed by atoms with Crippen molar-refractivity contribution in [2.24, 2.45) is 10.7 Å². The van der Waals surface area contributed by atoms with E-state index in [0.29, 0.717) is 11.0 Å². The highest BCUT2D eigenvalue weighted by atomic mass is 32.1. The van der Waals surface area contributed by atoms with Crippen molar-refractivity contribution in [3.8, 4) is 0 Å². The minimum atomic E-state index is -0.0808. The van der Waals surface area contributed by atoms with Crippen molar-refractivity contribution in [1.29, 1.82) is 5.41 Å². The van der Waals surface area contributed by atoms with Gasteiger partial charge >= 0.3 is 0 Å². The number of rotatable bonds is 3. The van der Waals surface area contributed by atoms with Gasteiger partial charge in [0.05, 0.1) is 16.9 Å². The van der Waals surface area contributed by atoms with Crippen LogP contribution in [0.2, 0.25) is 0 Å². The van der Waals surface area contributed by atoms with Crippen LogP contribution in [-0.4, -0.2) is 22.1 Å². The smallest absolute Gasteiger partial charge is 0.192 e. The Morgan fingerprint density at radius 1 is 1.67 bits per heavy atom. The van der Waals surface area contributed by atoms with Crippen molar-refractivity contribution in [2.75, 3.05) is 5.32 Å². The molecule has 0 aliphatic heterocycles. The van der Waals surface area contributed by atoms with Gasteiger partial charge in [0.15, 0.2) is 11.1 Å². The van der Waals surface area contributed by atoms with Gasteiger partial charge in [-0.25, -0.2) is 9.98 Å². The number of nitrogens with zero attached hydrogens (tertiary/aromatic N) is 2. The van der Waals surface area contributed by atoms with Gasteiger partial charge in [0.1, 0.15) is 0 Å². The fourth-order valence-electron chi connectivity index (χ4n) is 2.27. The molecule has 4 N–H and O–H groups in total. The highest BCUT2D eigenvalue weighted by Crippen LogP contribution is 2.35. The van der Waals surface area contributed by atoms with Gasteiger partial charge in [-0.15, -0.1) is 11.3 Å². The molecular formula is C11H15N5S2. The lowest BCUT2D eigenvalue weighted by Gasteiger charge is -2.24. The van der Waals surface area contributed by atoms with Gasteiger partial charge in [-0.05, 0) is 31.5 Å². The molecule has 1 aliphatic carbocycles. The molecule has 1 fully saturated rings. The molecule has 0 amide bonds. The lowest BCUT2D eigenvalue weighted by Crippen LogP contribution is -2.20.